The predicted molar refractivity (Wildman–Crippen MR) is 100 cm³/mol. The maximum absolute atomic E-state index is 11.7. The van der Waals surface area contributed by atoms with Crippen LogP contribution < -0.4 is 20.1 Å². The van der Waals surface area contributed by atoms with Crippen LogP contribution in [0.3, 0.4) is 0 Å². The van der Waals surface area contributed by atoms with Crippen LogP contribution in [0.1, 0.15) is 25.8 Å². The van der Waals surface area contributed by atoms with E-state index in [0.717, 1.165) is 24.3 Å². The van der Waals surface area contributed by atoms with Crippen molar-refractivity contribution in [2.75, 3.05) is 40.9 Å². The minimum Gasteiger partial charge on any atom is -0.493 e. The fraction of sp³-hybridized carbons (Fsp3) is 0.556. The Bertz CT molecular complexity index is 573. The van der Waals surface area contributed by atoms with Crippen molar-refractivity contribution in [1.82, 2.24) is 15.5 Å². The van der Waals surface area contributed by atoms with Crippen LogP contribution in [0.4, 0.5) is 0 Å². The number of hydrogen-bond acceptors (Lipinski definition) is 4. The summed E-state index contributed by atoms with van der Waals surface area (Å²) in [6.45, 7) is 6.08. The fourth-order valence-corrected chi connectivity index (χ4v) is 1.97. The van der Waals surface area contributed by atoms with E-state index in [9.17, 15) is 4.79 Å². The quantitative estimate of drug-likeness (QED) is 0.523. The number of likely N-dealkylation sites (N-methyl/N-ethyl adjacent to an activating group) is 1. The number of rotatable bonds is 9. The maximum atomic E-state index is 11.7. The Morgan fingerprint density at radius 2 is 1.96 bits per heavy atom. The highest BCUT2D eigenvalue weighted by Gasteiger charge is 2.07. The van der Waals surface area contributed by atoms with Crippen LogP contribution in [0.5, 0.6) is 11.5 Å². The summed E-state index contributed by atoms with van der Waals surface area (Å²) in [6, 6.07) is 5.78. The molecule has 0 aromatic heterocycles. The smallest absolute Gasteiger partial charge is 0.241 e. The molecule has 0 aliphatic rings. The largest absolute Gasteiger partial charge is 0.493 e. The van der Waals surface area contributed by atoms with Crippen LogP contribution in [-0.4, -0.2) is 57.7 Å². The predicted octanol–water partition coefficient (Wildman–Crippen LogP) is 1.63. The Morgan fingerprint density at radius 1 is 1.20 bits per heavy atom. The van der Waals surface area contributed by atoms with E-state index in [2.05, 4.69) is 22.5 Å². The van der Waals surface area contributed by atoms with Crippen molar-refractivity contribution in [2.24, 2.45) is 4.99 Å². The van der Waals surface area contributed by atoms with Gasteiger partial charge in [0.05, 0.1) is 26.8 Å². The highest BCUT2D eigenvalue weighted by Crippen LogP contribution is 2.28. The highest BCUT2D eigenvalue weighted by atomic mass is 16.5. The second-order valence-corrected chi connectivity index (χ2v) is 5.67. The molecule has 0 unspecified atom stereocenters. The zero-order valence-corrected chi connectivity index (χ0v) is 15.9. The Balaban J connectivity index is 2.75. The van der Waals surface area contributed by atoms with E-state index in [4.69, 9.17) is 9.47 Å². The Hall–Kier alpha value is -2.44. The molecule has 0 fully saturated rings. The van der Waals surface area contributed by atoms with E-state index in [1.807, 2.05) is 25.1 Å². The molecule has 25 heavy (non-hydrogen) atoms. The molecule has 2 N–H and O–H groups in total. The van der Waals surface area contributed by atoms with Crippen molar-refractivity contribution in [3.63, 3.8) is 0 Å². The molecule has 1 aromatic rings. The van der Waals surface area contributed by atoms with E-state index in [1.165, 1.54) is 4.90 Å². The lowest BCUT2D eigenvalue weighted by molar-refractivity contribution is -0.127. The highest BCUT2D eigenvalue weighted by molar-refractivity contribution is 5.86. The molecule has 0 heterocycles. The third-order valence-electron chi connectivity index (χ3n) is 3.36. The molecular formula is C18H30N4O3. The van der Waals surface area contributed by atoms with Gasteiger partial charge in [0.2, 0.25) is 5.91 Å². The van der Waals surface area contributed by atoms with Gasteiger partial charge in [-0.1, -0.05) is 13.0 Å². The molecule has 1 aromatic carbocycles. The van der Waals surface area contributed by atoms with E-state index in [1.54, 1.807) is 21.2 Å². The van der Waals surface area contributed by atoms with Gasteiger partial charge < -0.3 is 25.0 Å². The van der Waals surface area contributed by atoms with E-state index < -0.39 is 0 Å². The molecule has 0 saturated heterocycles. The van der Waals surface area contributed by atoms with Gasteiger partial charge >= 0.3 is 0 Å². The van der Waals surface area contributed by atoms with Gasteiger partial charge in [-0.2, -0.15) is 0 Å². The van der Waals surface area contributed by atoms with Crippen LogP contribution in [0.2, 0.25) is 0 Å². The summed E-state index contributed by atoms with van der Waals surface area (Å²) in [5.74, 6) is 2.02. The number of hydrogen-bond donors (Lipinski definition) is 2. The monoisotopic (exact) mass is 350 g/mol. The standard InChI is InChI=1S/C18H30N4O3/c1-6-10-25-15-9-8-14(11-16(15)24-5)12-20-18(19-7-2)21-13-17(23)22(3)4/h8-9,11H,6-7,10,12-13H2,1-5H3,(H2,19,20,21). The SMILES string of the molecule is CCCOc1ccc(CN=C(NCC)NCC(=O)N(C)C)cc1OC. The first-order chi connectivity index (χ1) is 12.0. The van der Waals surface area contributed by atoms with Crippen molar-refractivity contribution in [3.8, 4) is 11.5 Å². The van der Waals surface area contributed by atoms with Gasteiger partial charge in [-0.25, -0.2) is 4.99 Å². The number of guanidine groups is 1. The number of carbonyl (C=O) groups is 1. The van der Waals surface area contributed by atoms with Crippen LogP contribution in [-0.2, 0) is 11.3 Å². The van der Waals surface area contributed by atoms with Crippen molar-refractivity contribution >= 4 is 11.9 Å². The number of benzene rings is 1. The minimum absolute atomic E-state index is 0.00954. The second kappa shape index (κ2) is 11.2. The molecule has 0 saturated carbocycles. The van der Waals surface area contributed by atoms with E-state index in [-0.39, 0.29) is 12.5 Å². The molecule has 0 radical (unpaired) electrons. The number of methoxy groups -OCH3 is 1. The lowest BCUT2D eigenvalue weighted by atomic mass is 10.2. The van der Waals surface area contributed by atoms with Crippen LogP contribution in [0, 0.1) is 0 Å². The van der Waals surface area contributed by atoms with Crippen LogP contribution in [0.25, 0.3) is 0 Å². The van der Waals surface area contributed by atoms with Crippen molar-refractivity contribution in [1.29, 1.82) is 0 Å². The van der Waals surface area contributed by atoms with E-state index in [0.29, 0.717) is 24.9 Å². The zero-order valence-electron chi connectivity index (χ0n) is 15.9. The van der Waals surface area contributed by atoms with Gasteiger partial charge in [0.25, 0.3) is 0 Å². The molecule has 0 spiro atoms. The number of carbonyl (C=O) groups excluding carboxylic acids is 1. The number of nitrogens with zero attached hydrogens (tertiary/aromatic N) is 2. The number of ether oxygens (including phenoxy) is 2. The van der Waals surface area contributed by atoms with Gasteiger partial charge in [-0.3, -0.25) is 4.79 Å². The summed E-state index contributed by atoms with van der Waals surface area (Å²) < 4.78 is 11.0. The normalized spacial score (nSPS) is 11.0. The lowest BCUT2D eigenvalue weighted by Crippen LogP contribution is -2.42. The molecule has 1 amide bonds. The lowest BCUT2D eigenvalue weighted by Gasteiger charge is -2.14. The Labute approximate surface area is 150 Å². The van der Waals surface area contributed by atoms with Gasteiger partial charge in [0, 0.05) is 20.6 Å². The zero-order chi connectivity index (χ0) is 18.7. The molecule has 0 atom stereocenters. The number of nitrogens with one attached hydrogen (secondary N) is 2. The van der Waals surface area contributed by atoms with Gasteiger partial charge in [0.1, 0.15) is 0 Å². The molecule has 140 valence electrons. The molecule has 0 aliphatic heterocycles. The summed E-state index contributed by atoms with van der Waals surface area (Å²) >= 11 is 0. The van der Waals surface area contributed by atoms with Crippen molar-refractivity contribution in [2.45, 2.75) is 26.8 Å². The number of aliphatic imine (C=N–C) groups is 1. The molecule has 1 rings (SSSR count). The average molecular weight is 350 g/mol. The summed E-state index contributed by atoms with van der Waals surface area (Å²) in [6.07, 6.45) is 0.943. The minimum atomic E-state index is -0.00954. The summed E-state index contributed by atoms with van der Waals surface area (Å²) in [4.78, 5) is 17.7. The Kier molecular flexibility index (Phi) is 9.21. The third-order valence-corrected chi connectivity index (χ3v) is 3.36. The molecule has 7 nitrogen and oxygen atoms in total. The van der Waals surface area contributed by atoms with Crippen molar-refractivity contribution in [3.05, 3.63) is 23.8 Å². The van der Waals surface area contributed by atoms with Crippen molar-refractivity contribution < 1.29 is 14.3 Å². The van der Waals surface area contributed by atoms with Gasteiger partial charge in [-0.05, 0) is 31.0 Å². The summed E-state index contributed by atoms with van der Waals surface area (Å²) in [5, 5.41) is 6.16. The second-order valence-electron chi connectivity index (χ2n) is 5.67. The maximum Gasteiger partial charge on any atom is 0.241 e. The summed E-state index contributed by atoms with van der Waals surface area (Å²) in [7, 11) is 5.07. The first-order valence-corrected chi connectivity index (χ1v) is 8.53. The molecule has 7 heteroatoms. The Morgan fingerprint density at radius 3 is 2.56 bits per heavy atom. The average Bonchev–Trinajstić information content (AvgIpc) is 2.62. The topological polar surface area (TPSA) is 75.2 Å². The molecule has 0 bridgehead atoms. The van der Waals surface area contributed by atoms with Crippen LogP contribution in [0.15, 0.2) is 23.2 Å². The van der Waals surface area contributed by atoms with Crippen LogP contribution >= 0.6 is 0 Å². The first-order valence-electron chi connectivity index (χ1n) is 8.53. The third kappa shape index (κ3) is 7.32. The molecular weight excluding hydrogens is 320 g/mol. The summed E-state index contributed by atoms with van der Waals surface area (Å²) in [5.41, 5.74) is 0.997. The van der Waals surface area contributed by atoms with Gasteiger partial charge in [0.15, 0.2) is 17.5 Å². The van der Waals surface area contributed by atoms with E-state index >= 15 is 0 Å². The fourth-order valence-electron chi connectivity index (χ4n) is 1.97. The molecule has 0 aliphatic carbocycles. The number of amides is 1. The first kappa shape index (κ1) is 20.6. The van der Waals surface area contributed by atoms with Gasteiger partial charge in [-0.15, -0.1) is 0 Å².